The Hall–Kier alpha value is -1.07. The van der Waals surface area contributed by atoms with Gasteiger partial charge in [-0.1, -0.05) is 12.1 Å². The van der Waals surface area contributed by atoms with Gasteiger partial charge in [0.25, 0.3) is 0 Å². The van der Waals surface area contributed by atoms with Crippen molar-refractivity contribution in [2.75, 3.05) is 12.1 Å². The number of rotatable bonds is 7. The van der Waals surface area contributed by atoms with E-state index in [4.69, 9.17) is 11.6 Å². The lowest BCUT2D eigenvalue weighted by Gasteiger charge is -2.06. The predicted molar refractivity (Wildman–Crippen MR) is 76.0 cm³/mol. The van der Waals surface area contributed by atoms with E-state index in [2.05, 4.69) is 5.32 Å². The van der Waals surface area contributed by atoms with Gasteiger partial charge >= 0.3 is 0 Å². The second-order valence-electron chi connectivity index (χ2n) is 4.34. The fourth-order valence-corrected chi connectivity index (χ4v) is 2.34. The molecule has 0 spiro atoms. The van der Waals surface area contributed by atoms with Crippen LogP contribution in [0.2, 0.25) is 0 Å². The lowest BCUT2D eigenvalue weighted by atomic mass is 10.2. The van der Waals surface area contributed by atoms with Crippen LogP contribution >= 0.6 is 11.6 Å². The first kappa shape index (κ1) is 16.0. The van der Waals surface area contributed by atoms with Gasteiger partial charge in [0, 0.05) is 25.1 Å². The topological polar surface area (TPSA) is 63.2 Å². The summed E-state index contributed by atoms with van der Waals surface area (Å²) in [5.74, 6) is 0.553. The summed E-state index contributed by atoms with van der Waals surface area (Å²) >= 11 is 5.53. The predicted octanol–water partition coefficient (Wildman–Crippen LogP) is 2.12. The maximum absolute atomic E-state index is 11.5. The molecule has 6 heteroatoms. The van der Waals surface area contributed by atoms with E-state index in [1.807, 2.05) is 0 Å². The highest BCUT2D eigenvalue weighted by Crippen LogP contribution is 2.10. The molecule has 0 heterocycles. The highest BCUT2D eigenvalue weighted by atomic mass is 35.5. The largest absolute Gasteiger partial charge is 0.352 e. The number of carbonyl (C=O) groups excluding carboxylic acids is 1. The number of hydrogen-bond donors (Lipinski definition) is 1. The van der Waals surface area contributed by atoms with Gasteiger partial charge in [-0.2, -0.15) is 0 Å². The number of carbonyl (C=O) groups is 1. The second-order valence-corrected chi connectivity index (χ2v) is 6.73. The molecule has 1 rings (SSSR count). The van der Waals surface area contributed by atoms with Crippen molar-refractivity contribution >= 4 is 27.3 Å². The summed E-state index contributed by atoms with van der Waals surface area (Å²) in [5, 5.41) is 2.78. The van der Waals surface area contributed by atoms with E-state index in [0.29, 0.717) is 18.8 Å². The zero-order valence-corrected chi connectivity index (χ0v) is 12.4. The summed E-state index contributed by atoms with van der Waals surface area (Å²) in [6.45, 7) is 0.406. The van der Waals surface area contributed by atoms with Crippen molar-refractivity contribution in [2.24, 2.45) is 0 Å². The minimum Gasteiger partial charge on any atom is -0.352 e. The number of sulfone groups is 1. The molecule has 0 bridgehead atoms. The zero-order valence-electron chi connectivity index (χ0n) is 10.9. The lowest BCUT2D eigenvalue weighted by Crippen LogP contribution is -2.22. The average molecular weight is 304 g/mol. The maximum atomic E-state index is 11.5. The average Bonchev–Trinajstić information content (AvgIpc) is 2.36. The molecule has 0 fully saturated rings. The number of halogens is 1. The Balaban J connectivity index is 2.44. The van der Waals surface area contributed by atoms with Crippen LogP contribution in [0.1, 0.15) is 24.8 Å². The SMILES string of the molecule is CS(=O)(=O)c1ccc(CNC(=O)CCCCCl)cc1. The van der Waals surface area contributed by atoms with Crippen LogP contribution in [-0.2, 0) is 21.2 Å². The first-order chi connectivity index (χ1) is 8.93. The highest BCUT2D eigenvalue weighted by Gasteiger charge is 2.06. The van der Waals surface area contributed by atoms with E-state index in [0.717, 1.165) is 18.4 Å². The lowest BCUT2D eigenvalue weighted by molar-refractivity contribution is -0.121. The number of benzene rings is 1. The molecule has 0 aliphatic carbocycles. The van der Waals surface area contributed by atoms with Gasteiger partial charge in [-0.05, 0) is 30.5 Å². The molecule has 4 nitrogen and oxygen atoms in total. The third-order valence-corrected chi connectivity index (χ3v) is 4.02. The van der Waals surface area contributed by atoms with Crippen molar-refractivity contribution in [3.05, 3.63) is 29.8 Å². The van der Waals surface area contributed by atoms with Crippen molar-refractivity contribution in [3.63, 3.8) is 0 Å². The molecule has 1 N–H and O–H groups in total. The van der Waals surface area contributed by atoms with Crippen LogP contribution in [0.5, 0.6) is 0 Å². The number of nitrogens with one attached hydrogen (secondary N) is 1. The van der Waals surface area contributed by atoms with Gasteiger partial charge < -0.3 is 5.32 Å². The van der Waals surface area contributed by atoms with Gasteiger partial charge in [-0.3, -0.25) is 4.79 Å². The van der Waals surface area contributed by atoms with Crippen LogP contribution in [0.25, 0.3) is 0 Å². The fourth-order valence-electron chi connectivity index (χ4n) is 1.52. The molecule has 1 aromatic carbocycles. The van der Waals surface area contributed by atoms with Crippen molar-refractivity contribution < 1.29 is 13.2 Å². The Kier molecular flexibility index (Phi) is 6.31. The Morgan fingerprint density at radius 3 is 2.37 bits per heavy atom. The molecule has 0 atom stereocenters. The van der Waals surface area contributed by atoms with E-state index < -0.39 is 9.84 Å². The molecule has 0 aliphatic rings. The van der Waals surface area contributed by atoms with E-state index in [1.165, 1.54) is 6.26 Å². The van der Waals surface area contributed by atoms with E-state index in [9.17, 15) is 13.2 Å². The summed E-state index contributed by atoms with van der Waals surface area (Å²) in [6, 6.07) is 6.50. The van der Waals surface area contributed by atoms with Gasteiger partial charge in [-0.15, -0.1) is 11.6 Å². The summed E-state index contributed by atoms with van der Waals surface area (Å²) < 4.78 is 22.6. The van der Waals surface area contributed by atoms with Crippen LogP contribution in [0.3, 0.4) is 0 Å². The van der Waals surface area contributed by atoms with Crippen LogP contribution < -0.4 is 5.32 Å². The Morgan fingerprint density at radius 2 is 1.84 bits per heavy atom. The Labute approximate surface area is 119 Å². The molecular formula is C13H18ClNO3S. The molecule has 19 heavy (non-hydrogen) atoms. The Bertz CT molecular complexity index is 511. The summed E-state index contributed by atoms with van der Waals surface area (Å²) in [7, 11) is -3.17. The fraction of sp³-hybridized carbons (Fsp3) is 0.462. The quantitative estimate of drug-likeness (QED) is 0.620. The minimum atomic E-state index is -3.17. The number of hydrogen-bond acceptors (Lipinski definition) is 3. The first-order valence-corrected chi connectivity index (χ1v) is 8.48. The van der Waals surface area contributed by atoms with Crippen molar-refractivity contribution in [2.45, 2.75) is 30.7 Å². The van der Waals surface area contributed by atoms with Crippen LogP contribution in [0.4, 0.5) is 0 Å². The molecular weight excluding hydrogens is 286 g/mol. The summed E-state index contributed by atoms with van der Waals surface area (Å²) in [4.78, 5) is 11.7. The summed E-state index contributed by atoms with van der Waals surface area (Å²) in [6.07, 6.45) is 3.25. The Morgan fingerprint density at radius 1 is 1.21 bits per heavy atom. The third-order valence-electron chi connectivity index (χ3n) is 2.63. The summed E-state index contributed by atoms with van der Waals surface area (Å²) in [5.41, 5.74) is 0.873. The van der Waals surface area contributed by atoms with E-state index in [-0.39, 0.29) is 10.8 Å². The molecule has 1 aromatic rings. The van der Waals surface area contributed by atoms with Crippen LogP contribution in [0, 0.1) is 0 Å². The molecule has 0 unspecified atom stereocenters. The first-order valence-electron chi connectivity index (χ1n) is 6.05. The molecule has 0 radical (unpaired) electrons. The smallest absolute Gasteiger partial charge is 0.220 e. The molecule has 0 saturated heterocycles. The molecule has 106 valence electrons. The number of amides is 1. The van der Waals surface area contributed by atoms with E-state index in [1.54, 1.807) is 24.3 Å². The molecule has 0 aliphatic heterocycles. The van der Waals surface area contributed by atoms with Crippen LogP contribution in [-0.4, -0.2) is 26.5 Å². The minimum absolute atomic E-state index is 0.0164. The van der Waals surface area contributed by atoms with Gasteiger partial charge in [0.15, 0.2) is 9.84 Å². The van der Waals surface area contributed by atoms with Gasteiger partial charge in [0.2, 0.25) is 5.91 Å². The normalized spacial score (nSPS) is 11.3. The monoisotopic (exact) mass is 303 g/mol. The van der Waals surface area contributed by atoms with Gasteiger partial charge in [-0.25, -0.2) is 8.42 Å². The third kappa shape index (κ3) is 6.07. The van der Waals surface area contributed by atoms with Crippen molar-refractivity contribution in [3.8, 4) is 0 Å². The number of alkyl halides is 1. The van der Waals surface area contributed by atoms with Crippen molar-refractivity contribution in [1.82, 2.24) is 5.32 Å². The van der Waals surface area contributed by atoms with Crippen molar-refractivity contribution in [1.29, 1.82) is 0 Å². The van der Waals surface area contributed by atoms with Gasteiger partial charge in [0.05, 0.1) is 4.90 Å². The van der Waals surface area contributed by atoms with Gasteiger partial charge in [0.1, 0.15) is 0 Å². The van der Waals surface area contributed by atoms with Crippen LogP contribution in [0.15, 0.2) is 29.2 Å². The molecule has 0 aromatic heterocycles. The molecule has 1 amide bonds. The standard InChI is InChI=1S/C13H18ClNO3S/c1-19(17,18)12-7-5-11(6-8-12)10-15-13(16)4-2-3-9-14/h5-8H,2-4,9-10H2,1H3,(H,15,16). The maximum Gasteiger partial charge on any atom is 0.220 e. The zero-order chi connectivity index (χ0) is 14.3. The second kappa shape index (κ2) is 7.50. The number of unbranched alkanes of at least 4 members (excludes halogenated alkanes) is 1. The molecule has 0 saturated carbocycles. The van der Waals surface area contributed by atoms with E-state index >= 15 is 0 Å². The highest BCUT2D eigenvalue weighted by molar-refractivity contribution is 7.90.